The Hall–Kier alpha value is -2.04. The summed E-state index contributed by atoms with van der Waals surface area (Å²) in [6.45, 7) is 4.82. The molecule has 1 saturated heterocycles. The number of rotatable bonds is 2. The fraction of sp³-hybridized carbons (Fsp3) is 0.529. The molecule has 2 aliphatic heterocycles. The minimum Gasteiger partial charge on any atom is -0.370 e. The van der Waals surface area contributed by atoms with Crippen molar-refractivity contribution in [3.05, 3.63) is 29.8 Å². The number of nitrogens with zero attached hydrogens (tertiary/aromatic N) is 2. The van der Waals surface area contributed by atoms with Gasteiger partial charge in [-0.2, -0.15) is 0 Å². The van der Waals surface area contributed by atoms with Crippen LogP contribution in [0.15, 0.2) is 29.3 Å². The first kappa shape index (κ1) is 14.9. The Labute approximate surface area is 131 Å². The van der Waals surface area contributed by atoms with Gasteiger partial charge in [0.05, 0.1) is 6.54 Å². The standard InChI is InChI=1S/C17H24N4O/c1-12-6-8-21(9-7-12)17(18)19-11-13-10-16(22)20-15-5-3-2-4-14(13)15/h2-5,12-13H,6-11H2,1H3,(H2,18,19)(H,20,22). The number of aliphatic imine (C=N–C) groups is 1. The van der Waals surface area contributed by atoms with Gasteiger partial charge in [-0.15, -0.1) is 0 Å². The quantitative estimate of drug-likeness (QED) is 0.649. The zero-order valence-electron chi connectivity index (χ0n) is 13.1. The van der Waals surface area contributed by atoms with Crippen LogP contribution in [0, 0.1) is 5.92 Å². The summed E-state index contributed by atoms with van der Waals surface area (Å²) in [7, 11) is 0. The lowest BCUT2D eigenvalue weighted by Gasteiger charge is -2.31. The summed E-state index contributed by atoms with van der Waals surface area (Å²) >= 11 is 0. The number of hydrogen-bond donors (Lipinski definition) is 2. The van der Waals surface area contributed by atoms with Crippen molar-refractivity contribution in [2.75, 3.05) is 25.0 Å². The molecule has 22 heavy (non-hydrogen) atoms. The molecule has 0 aliphatic carbocycles. The predicted molar refractivity (Wildman–Crippen MR) is 88.9 cm³/mol. The highest BCUT2D eigenvalue weighted by Gasteiger charge is 2.25. The van der Waals surface area contributed by atoms with Crippen LogP contribution in [0.5, 0.6) is 0 Å². The van der Waals surface area contributed by atoms with E-state index in [1.807, 2.05) is 18.2 Å². The van der Waals surface area contributed by atoms with Gasteiger partial charge in [0.25, 0.3) is 0 Å². The third-order valence-electron chi connectivity index (χ3n) is 4.69. The van der Waals surface area contributed by atoms with Crippen LogP contribution in [0.2, 0.25) is 0 Å². The average molecular weight is 300 g/mol. The Morgan fingerprint density at radius 1 is 1.36 bits per heavy atom. The maximum Gasteiger partial charge on any atom is 0.225 e. The minimum atomic E-state index is 0.0595. The number of nitrogens with two attached hydrogens (primary N) is 1. The van der Waals surface area contributed by atoms with Crippen molar-refractivity contribution >= 4 is 17.6 Å². The Morgan fingerprint density at radius 2 is 2.09 bits per heavy atom. The molecule has 0 saturated carbocycles. The molecular weight excluding hydrogens is 276 g/mol. The molecule has 5 heteroatoms. The normalized spacial score (nSPS) is 23.1. The number of piperidine rings is 1. The van der Waals surface area contributed by atoms with Gasteiger partial charge in [-0.1, -0.05) is 25.1 Å². The van der Waals surface area contributed by atoms with E-state index < -0.39 is 0 Å². The van der Waals surface area contributed by atoms with Crippen molar-refractivity contribution in [3.8, 4) is 0 Å². The molecule has 1 amide bonds. The summed E-state index contributed by atoms with van der Waals surface area (Å²) in [4.78, 5) is 18.5. The van der Waals surface area contributed by atoms with Crippen LogP contribution < -0.4 is 11.1 Å². The fourth-order valence-corrected chi connectivity index (χ4v) is 3.21. The van der Waals surface area contributed by atoms with E-state index in [1.54, 1.807) is 0 Å². The summed E-state index contributed by atoms with van der Waals surface area (Å²) in [5.74, 6) is 1.57. The van der Waals surface area contributed by atoms with Gasteiger partial charge >= 0.3 is 0 Å². The van der Waals surface area contributed by atoms with Gasteiger partial charge in [0, 0.05) is 31.1 Å². The predicted octanol–water partition coefficient (Wildman–Crippen LogP) is 2.16. The van der Waals surface area contributed by atoms with Gasteiger partial charge in [0.1, 0.15) is 0 Å². The smallest absolute Gasteiger partial charge is 0.225 e. The van der Waals surface area contributed by atoms with Gasteiger partial charge in [-0.05, 0) is 30.4 Å². The number of carbonyl (C=O) groups is 1. The SMILES string of the molecule is CC1CCN(C(N)=NCC2CC(=O)Nc3ccccc32)CC1. The minimum absolute atomic E-state index is 0.0595. The number of hydrogen-bond acceptors (Lipinski definition) is 2. The second-order valence-electron chi connectivity index (χ2n) is 6.40. The Morgan fingerprint density at radius 3 is 2.86 bits per heavy atom. The first-order valence-electron chi connectivity index (χ1n) is 8.07. The molecule has 1 fully saturated rings. The lowest BCUT2D eigenvalue weighted by molar-refractivity contribution is -0.116. The summed E-state index contributed by atoms with van der Waals surface area (Å²) < 4.78 is 0. The van der Waals surface area contributed by atoms with Crippen molar-refractivity contribution in [1.29, 1.82) is 0 Å². The van der Waals surface area contributed by atoms with E-state index in [0.717, 1.165) is 30.3 Å². The number of carbonyl (C=O) groups excluding carboxylic acids is 1. The fourth-order valence-electron chi connectivity index (χ4n) is 3.21. The number of likely N-dealkylation sites (tertiary alicyclic amines) is 1. The van der Waals surface area contributed by atoms with Gasteiger partial charge < -0.3 is 16.0 Å². The van der Waals surface area contributed by atoms with E-state index in [2.05, 4.69) is 28.2 Å². The van der Waals surface area contributed by atoms with E-state index >= 15 is 0 Å². The van der Waals surface area contributed by atoms with Crippen molar-refractivity contribution in [3.63, 3.8) is 0 Å². The Kier molecular flexibility index (Phi) is 4.32. The molecule has 0 bridgehead atoms. The molecule has 1 unspecified atom stereocenters. The second kappa shape index (κ2) is 6.38. The van der Waals surface area contributed by atoms with E-state index in [9.17, 15) is 4.79 Å². The Bertz CT molecular complexity index is 576. The van der Waals surface area contributed by atoms with E-state index in [4.69, 9.17) is 5.73 Å². The maximum absolute atomic E-state index is 11.8. The lowest BCUT2D eigenvalue weighted by atomic mass is 9.91. The van der Waals surface area contributed by atoms with Crippen LogP contribution in [-0.4, -0.2) is 36.4 Å². The molecule has 0 spiro atoms. The number of benzene rings is 1. The number of guanidine groups is 1. The molecule has 0 radical (unpaired) electrons. The molecule has 1 atom stereocenters. The molecule has 3 N–H and O–H groups in total. The molecule has 118 valence electrons. The zero-order chi connectivity index (χ0) is 15.5. The Balaban J connectivity index is 1.68. The van der Waals surface area contributed by atoms with E-state index in [1.165, 1.54) is 12.8 Å². The number of fused-ring (bicyclic) bond motifs is 1. The van der Waals surface area contributed by atoms with Gasteiger partial charge in [-0.25, -0.2) is 0 Å². The number of para-hydroxylation sites is 1. The molecule has 5 nitrogen and oxygen atoms in total. The molecular formula is C17H24N4O. The van der Waals surface area contributed by atoms with Crippen molar-refractivity contribution in [1.82, 2.24) is 4.90 Å². The molecule has 0 aromatic heterocycles. The summed E-state index contributed by atoms with van der Waals surface area (Å²) in [6, 6.07) is 7.95. The van der Waals surface area contributed by atoms with Crippen LogP contribution in [0.1, 0.15) is 37.7 Å². The summed E-state index contributed by atoms with van der Waals surface area (Å²) in [5, 5.41) is 2.92. The first-order chi connectivity index (χ1) is 10.6. The van der Waals surface area contributed by atoms with Gasteiger partial charge in [-0.3, -0.25) is 9.79 Å². The largest absolute Gasteiger partial charge is 0.370 e. The topological polar surface area (TPSA) is 70.7 Å². The highest BCUT2D eigenvalue weighted by Crippen LogP contribution is 2.32. The summed E-state index contributed by atoms with van der Waals surface area (Å²) in [6.07, 6.45) is 2.82. The third-order valence-corrected chi connectivity index (χ3v) is 4.69. The molecule has 3 rings (SSSR count). The average Bonchev–Trinajstić information content (AvgIpc) is 2.52. The lowest BCUT2D eigenvalue weighted by Crippen LogP contribution is -2.42. The maximum atomic E-state index is 11.8. The first-order valence-corrected chi connectivity index (χ1v) is 8.07. The summed E-state index contributed by atoms with van der Waals surface area (Å²) in [5.41, 5.74) is 8.21. The van der Waals surface area contributed by atoms with E-state index in [0.29, 0.717) is 18.9 Å². The second-order valence-corrected chi connectivity index (χ2v) is 6.40. The molecule has 1 aromatic rings. The highest BCUT2D eigenvalue weighted by molar-refractivity contribution is 5.94. The highest BCUT2D eigenvalue weighted by atomic mass is 16.1. The number of amides is 1. The molecule has 2 heterocycles. The molecule has 1 aromatic carbocycles. The van der Waals surface area contributed by atoms with E-state index in [-0.39, 0.29) is 11.8 Å². The third kappa shape index (κ3) is 3.24. The molecule has 2 aliphatic rings. The van der Waals surface area contributed by atoms with Crippen LogP contribution >= 0.6 is 0 Å². The van der Waals surface area contributed by atoms with Gasteiger partial charge in [0.15, 0.2) is 5.96 Å². The monoisotopic (exact) mass is 300 g/mol. The zero-order valence-corrected chi connectivity index (χ0v) is 13.1. The van der Waals surface area contributed by atoms with Crippen molar-refractivity contribution < 1.29 is 4.79 Å². The number of anilines is 1. The van der Waals surface area contributed by atoms with Crippen molar-refractivity contribution in [2.45, 2.75) is 32.1 Å². The van der Waals surface area contributed by atoms with Crippen molar-refractivity contribution in [2.24, 2.45) is 16.6 Å². The van der Waals surface area contributed by atoms with Crippen LogP contribution in [0.25, 0.3) is 0 Å². The number of nitrogens with one attached hydrogen (secondary N) is 1. The van der Waals surface area contributed by atoms with Gasteiger partial charge in [0.2, 0.25) is 5.91 Å². The van der Waals surface area contributed by atoms with Crippen LogP contribution in [0.3, 0.4) is 0 Å². The van der Waals surface area contributed by atoms with Crippen LogP contribution in [-0.2, 0) is 4.79 Å². The van der Waals surface area contributed by atoms with Crippen LogP contribution in [0.4, 0.5) is 5.69 Å².